The van der Waals surface area contributed by atoms with Crippen molar-refractivity contribution in [3.05, 3.63) is 35.5 Å². The Kier molecular flexibility index (Phi) is 4.86. The molecule has 0 aliphatic carbocycles. The van der Waals surface area contributed by atoms with Crippen molar-refractivity contribution in [2.45, 2.75) is 38.2 Å². The van der Waals surface area contributed by atoms with Gasteiger partial charge in [-0.1, -0.05) is 0 Å². The minimum absolute atomic E-state index is 0.160. The van der Waals surface area contributed by atoms with E-state index >= 15 is 0 Å². The lowest BCUT2D eigenvalue weighted by Gasteiger charge is -2.18. The zero-order chi connectivity index (χ0) is 20.9. The summed E-state index contributed by atoms with van der Waals surface area (Å²) in [7, 11) is -4.05. The maximum atomic E-state index is 14.6. The maximum Gasteiger partial charge on any atom is 0.240 e. The second-order valence-electron chi connectivity index (χ2n) is 7.14. The Morgan fingerprint density at radius 3 is 2.64 bits per heavy atom. The molecule has 2 aromatic heterocycles. The molecular weight excluding hydrogens is 387 g/mol. The first-order chi connectivity index (χ1) is 12.9. The predicted octanol–water partition coefficient (Wildman–Crippen LogP) is 1.18. The third kappa shape index (κ3) is 3.81. The second kappa shape index (κ2) is 6.76. The third-order valence-corrected chi connectivity index (χ3v) is 5.47. The number of nitrogen functional groups attached to an aromatic ring is 1. The van der Waals surface area contributed by atoms with E-state index in [0.29, 0.717) is 17.1 Å². The quantitative estimate of drug-likeness (QED) is 0.577. The predicted molar refractivity (Wildman–Crippen MR) is 102 cm³/mol. The highest BCUT2D eigenvalue weighted by Gasteiger charge is 2.23. The smallest absolute Gasteiger partial charge is 0.240 e. The molecule has 1 aromatic carbocycles. The van der Waals surface area contributed by atoms with E-state index < -0.39 is 21.4 Å². The first-order valence-electron chi connectivity index (χ1n) is 8.39. The molecule has 3 aromatic rings. The number of nitrogens with one attached hydrogen (secondary N) is 1. The van der Waals surface area contributed by atoms with Gasteiger partial charge in [-0.05, 0) is 45.4 Å². The zero-order valence-electron chi connectivity index (χ0n) is 15.9. The first-order valence-corrected chi connectivity index (χ1v) is 9.88. The van der Waals surface area contributed by atoms with Crippen molar-refractivity contribution in [1.82, 2.24) is 24.3 Å². The SMILES string of the molecule is Cc1nc(N)c2ncc(-c3cc(S(=O)(=O)NCC(C)(C)O)cc(F)c3C)n2n1. The Labute approximate surface area is 161 Å². The molecule has 11 heteroatoms. The lowest BCUT2D eigenvalue weighted by atomic mass is 10.1. The molecule has 150 valence electrons. The summed E-state index contributed by atoms with van der Waals surface area (Å²) >= 11 is 0. The van der Waals surface area contributed by atoms with Crippen LogP contribution in [0.2, 0.25) is 0 Å². The van der Waals surface area contributed by atoms with Gasteiger partial charge in [0.15, 0.2) is 11.5 Å². The molecule has 3 rings (SSSR count). The second-order valence-corrected chi connectivity index (χ2v) is 8.90. The first kappa shape index (κ1) is 20.1. The molecule has 0 aliphatic rings. The fourth-order valence-electron chi connectivity index (χ4n) is 2.63. The van der Waals surface area contributed by atoms with Crippen LogP contribution in [0.3, 0.4) is 0 Å². The molecule has 0 bridgehead atoms. The molecule has 0 atom stereocenters. The fourth-order valence-corrected chi connectivity index (χ4v) is 3.87. The largest absolute Gasteiger partial charge is 0.389 e. The van der Waals surface area contributed by atoms with Crippen LogP contribution in [0.25, 0.3) is 16.9 Å². The third-order valence-electron chi connectivity index (χ3n) is 4.09. The minimum atomic E-state index is -4.05. The van der Waals surface area contributed by atoms with Crippen LogP contribution >= 0.6 is 0 Å². The number of anilines is 1. The minimum Gasteiger partial charge on any atom is -0.389 e. The number of fused-ring (bicyclic) bond motifs is 1. The summed E-state index contributed by atoms with van der Waals surface area (Å²) in [5.41, 5.74) is 5.80. The topological polar surface area (TPSA) is 136 Å². The lowest BCUT2D eigenvalue weighted by Crippen LogP contribution is -2.38. The van der Waals surface area contributed by atoms with Gasteiger partial charge in [0.2, 0.25) is 10.0 Å². The molecule has 0 amide bonds. The van der Waals surface area contributed by atoms with Gasteiger partial charge in [-0.3, -0.25) is 0 Å². The van der Waals surface area contributed by atoms with Crippen molar-refractivity contribution in [3.8, 4) is 11.3 Å². The number of aliphatic hydroxyl groups is 1. The van der Waals surface area contributed by atoms with Gasteiger partial charge >= 0.3 is 0 Å². The number of imidazole rings is 1. The Morgan fingerprint density at radius 2 is 2.00 bits per heavy atom. The van der Waals surface area contributed by atoms with Gasteiger partial charge in [-0.15, -0.1) is 0 Å². The van der Waals surface area contributed by atoms with E-state index in [9.17, 15) is 17.9 Å². The summed E-state index contributed by atoms with van der Waals surface area (Å²) in [4.78, 5) is 7.92. The highest BCUT2D eigenvalue weighted by Crippen LogP contribution is 2.29. The standard InChI is InChI=1S/C17H21FN6O3S/c1-9-12(14-7-20-16-15(19)22-10(2)23-24(14)16)5-11(6-13(9)18)28(26,27)21-8-17(3,4)25/h5-7,21,25H,8H2,1-4H3,(H2,19,22,23). The van der Waals surface area contributed by atoms with E-state index in [1.807, 2.05) is 0 Å². The monoisotopic (exact) mass is 408 g/mol. The highest BCUT2D eigenvalue weighted by atomic mass is 32.2. The number of aryl methyl sites for hydroxylation is 1. The summed E-state index contributed by atoms with van der Waals surface area (Å²) in [5, 5.41) is 14.0. The summed E-state index contributed by atoms with van der Waals surface area (Å²) in [6, 6.07) is 2.27. The van der Waals surface area contributed by atoms with E-state index in [2.05, 4.69) is 19.8 Å². The van der Waals surface area contributed by atoms with E-state index in [1.54, 1.807) is 6.92 Å². The molecule has 0 fully saturated rings. The van der Waals surface area contributed by atoms with E-state index in [1.165, 1.54) is 37.5 Å². The number of sulfonamides is 1. The van der Waals surface area contributed by atoms with Crippen LogP contribution < -0.4 is 10.5 Å². The van der Waals surface area contributed by atoms with Crippen LogP contribution in [-0.2, 0) is 10.0 Å². The van der Waals surface area contributed by atoms with Gasteiger partial charge < -0.3 is 10.8 Å². The molecule has 2 heterocycles. The average Bonchev–Trinajstić information content (AvgIpc) is 2.98. The molecule has 0 spiro atoms. The van der Waals surface area contributed by atoms with Crippen LogP contribution in [0, 0.1) is 19.7 Å². The Hall–Kier alpha value is -2.63. The summed E-state index contributed by atoms with van der Waals surface area (Å²) in [5.74, 6) is -0.152. The van der Waals surface area contributed by atoms with Gasteiger partial charge in [0.25, 0.3) is 0 Å². The molecule has 28 heavy (non-hydrogen) atoms. The molecule has 0 aliphatic heterocycles. The molecule has 0 unspecified atom stereocenters. The number of nitrogens with two attached hydrogens (primary N) is 1. The van der Waals surface area contributed by atoms with Crippen molar-refractivity contribution in [3.63, 3.8) is 0 Å². The molecule has 0 saturated carbocycles. The van der Waals surface area contributed by atoms with Crippen LogP contribution in [0.1, 0.15) is 25.2 Å². The molecular formula is C17H21FN6O3S. The molecule has 0 saturated heterocycles. The normalized spacial score (nSPS) is 12.6. The van der Waals surface area contributed by atoms with Crippen molar-refractivity contribution < 1.29 is 17.9 Å². The Morgan fingerprint density at radius 1 is 1.32 bits per heavy atom. The lowest BCUT2D eigenvalue weighted by molar-refractivity contribution is 0.0857. The van der Waals surface area contributed by atoms with Gasteiger partial charge in [0.05, 0.1) is 22.4 Å². The van der Waals surface area contributed by atoms with Gasteiger partial charge in [0, 0.05) is 12.1 Å². The summed E-state index contributed by atoms with van der Waals surface area (Å²) in [6.45, 7) is 5.87. The number of rotatable bonds is 5. The number of benzene rings is 1. The van der Waals surface area contributed by atoms with Crippen molar-refractivity contribution in [2.24, 2.45) is 0 Å². The maximum absolute atomic E-state index is 14.6. The van der Waals surface area contributed by atoms with E-state index in [4.69, 9.17) is 5.73 Å². The Bertz CT molecular complexity index is 1170. The molecule has 9 nitrogen and oxygen atoms in total. The van der Waals surface area contributed by atoms with Gasteiger partial charge in [-0.2, -0.15) is 5.10 Å². The zero-order valence-corrected chi connectivity index (χ0v) is 16.7. The summed E-state index contributed by atoms with van der Waals surface area (Å²) in [6.07, 6.45) is 1.43. The molecule has 4 N–H and O–H groups in total. The van der Waals surface area contributed by atoms with Gasteiger partial charge in [0.1, 0.15) is 11.6 Å². The number of hydrogen-bond donors (Lipinski definition) is 3. The average molecular weight is 408 g/mol. The van der Waals surface area contributed by atoms with Crippen molar-refractivity contribution in [2.75, 3.05) is 12.3 Å². The fraction of sp³-hybridized carbons (Fsp3) is 0.353. The van der Waals surface area contributed by atoms with Crippen LogP contribution in [-0.4, -0.2) is 45.3 Å². The van der Waals surface area contributed by atoms with E-state index in [-0.39, 0.29) is 28.5 Å². The highest BCUT2D eigenvalue weighted by molar-refractivity contribution is 7.89. The van der Waals surface area contributed by atoms with Crippen LogP contribution in [0.4, 0.5) is 10.2 Å². The Balaban J connectivity index is 2.16. The van der Waals surface area contributed by atoms with E-state index in [0.717, 1.165) is 6.07 Å². The van der Waals surface area contributed by atoms with Crippen LogP contribution in [0.15, 0.2) is 23.2 Å². The number of nitrogens with zero attached hydrogens (tertiary/aromatic N) is 4. The van der Waals surface area contributed by atoms with Crippen LogP contribution in [0.5, 0.6) is 0 Å². The molecule has 0 radical (unpaired) electrons. The number of halogens is 1. The number of aromatic nitrogens is 4. The van der Waals surface area contributed by atoms with Crippen molar-refractivity contribution >= 4 is 21.5 Å². The summed E-state index contributed by atoms with van der Waals surface area (Å²) < 4.78 is 43.4. The van der Waals surface area contributed by atoms with Crippen molar-refractivity contribution in [1.29, 1.82) is 0 Å². The van der Waals surface area contributed by atoms with Gasteiger partial charge in [-0.25, -0.2) is 32.0 Å². The number of hydrogen-bond acceptors (Lipinski definition) is 7.